The predicted octanol–water partition coefficient (Wildman–Crippen LogP) is 2.67. The topological polar surface area (TPSA) is 93.7 Å². The molecule has 1 saturated heterocycles. The van der Waals surface area contributed by atoms with Crippen LogP contribution in [0.4, 0.5) is 4.79 Å². The first-order valence-electron chi connectivity index (χ1n) is 9.62. The Hall–Kier alpha value is -1.79. The number of amides is 2. The maximum absolute atomic E-state index is 12.5. The summed E-state index contributed by atoms with van der Waals surface area (Å²) >= 11 is 0. The summed E-state index contributed by atoms with van der Waals surface area (Å²) in [6.45, 7) is 7.18. The molecule has 7 heteroatoms. The fourth-order valence-electron chi connectivity index (χ4n) is 3.92. The molecule has 0 aromatic rings. The second-order valence-electron chi connectivity index (χ2n) is 8.42. The van der Waals surface area contributed by atoms with Crippen molar-refractivity contribution >= 4 is 18.0 Å². The molecule has 148 valence electrons. The van der Waals surface area contributed by atoms with E-state index in [9.17, 15) is 14.4 Å². The fourth-order valence-corrected chi connectivity index (χ4v) is 3.92. The molecule has 0 radical (unpaired) electrons. The van der Waals surface area contributed by atoms with E-state index < -0.39 is 23.7 Å². The first-order valence-corrected chi connectivity index (χ1v) is 9.62. The molecule has 7 nitrogen and oxygen atoms in total. The molecule has 26 heavy (non-hydrogen) atoms. The average molecular weight is 368 g/mol. The second-order valence-corrected chi connectivity index (χ2v) is 8.42. The van der Waals surface area contributed by atoms with Crippen LogP contribution in [-0.2, 0) is 19.1 Å². The average Bonchev–Trinajstić information content (AvgIpc) is 2.81. The summed E-state index contributed by atoms with van der Waals surface area (Å²) in [7, 11) is 0. The van der Waals surface area contributed by atoms with Gasteiger partial charge >= 0.3 is 12.1 Å². The largest absolute Gasteiger partial charge is 0.464 e. The molecule has 1 heterocycles. The lowest BCUT2D eigenvalue weighted by Gasteiger charge is -2.33. The molecule has 2 rings (SSSR count). The highest BCUT2D eigenvalue weighted by Crippen LogP contribution is 2.39. The molecule has 2 N–H and O–H groups in total. The lowest BCUT2D eigenvalue weighted by Crippen LogP contribution is -2.45. The van der Waals surface area contributed by atoms with Crippen molar-refractivity contribution in [2.24, 2.45) is 5.92 Å². The van der Waals surface area contributed by atoms with E-state index in [-0.39, 0.29) is 30.4 Å². The normalized spacial score (nSPS) is 23.2. The van der Waals surface area contributed by atoms with Crippen molar-refractivity contribution < 1.29 is 23.9 Å². The van der Waals surface area contributed by atoms with Gasteiger partial charge in [0.15, 0.2) is 0 Å². The second kappa shape index (κ2) is 8.27. The summed E-state index contributed by atoms with van der Waals surface area (Å²) < 4.78 is 10.3. The number of alkyl carbamates (subject to hydrolysis) is 1. The molecule has 2 fully saturated rings. The number of ether oxygens (including phenoxy) is 2. The Morgan fingerprint density at radius 2 is 1.92 bits per heavy atom. The number of hydrogen-bond acceptors (Lipinski definition) is 5. The van der Waals surface area contributed by atoms with Crippen molar-refractivity contribution in [3.05, 3.63) is 0 Å². The zero-order valence-electron chi connectivity index (χ0n) is 16.4. The Balaban J connectivity index is 2.02. The van der Waals surface area contributed by atoms with E-state index in [0.717, 1.165) is 25.7 Å². The SMILES string of the molecule is CCOC(=O)C(CC1CC2(CCCCC2)NC1=O)NC(=O)OC(C)(C)C. The van der Waals surface area contributed by atoms with Gasteiger partial charge in [0.2, 0.25) is 5.91 Å². The summed E-state index contributed by atoms with van der Waals surface area (Å²) in [5.41, 5.74) is -0.800. The minimum Gasteiger partial charge on any atom is -0.464 e. The summed E-state index contributed by atoms with van der Waals surface area (Å²) in [6, 6.07) is -0.890. The fraction of sp³-hybridized carbons (Fsp3) is 0.842. The summed E-state index contributed by atoms with van der Waals surface area (Å²) in [6.07, 6.45) is 5.66. The maximum atomic E-state index is 12.5. The Kier molecular flexibility index (Phi) is 6.53. The highest BCUT2D eigenvalue weighted by molar-refractivity contribution is 5.85. The first kappa shape index (κ1) is 20.5. The van der Waals surface area contributed by atoms with Crippen molar-refractivity contribution in [1.82, 2.24) is 10.6 Å². The standard InChI is InChI=1S/C19H32N2O5/c1-5-25-16(23)14(20-17(24)26-18(2,3)4)11-13-12-19(21-15(13)22)9-7-6-8-10-19/h13-14H,5-12H2,1-4H3,(H,20,24)(H,21,22). The molecule has 1 aliphatic heterocycles. The molecule has 2 amide bonds. The monoisotopic (exact) mass is 368 g/mol. The van der Waals surface area contributed by atoms with Crippen molar-refractivity contribution in [2.45, 2.75) is 89.8 Å². The van der Waals surface area contributed by atoms with E-state index >= 15 is 0 Å². The zero-order chi connectivity index (χ0) is 19.4. The van der Waals surface area contributed by atoms with Gasteiger partial charge in [-0.3, -0.25) is 4.79 Å². The van der Waals surface area contributed by atoms with Crippen LogP contribution in [0.3, 0.4) is 0 Å². The molecule has 1 spiro atoms. The van der Waals surface area contributed by atoms with Crippen molar-refractivity contribution in [1.29, 1.82) is 0 Å². The Morgan fingerprint density at radius 1 is 1.27 bits per heavy atom. The van der Waals surface area contributed by atoms with Gasteiger partial charge in [0, 0.05) is 11.5 Å². The molecule has 1 saturated carbocycles. The smallest absolute Gasteiger partial charge is 0.408 e. The van der Waals surface area contributed by atoms with Gasteiger partial charge in [-0.05, 0) is 53.4 Å². The third-order valence-electron chi connectivity index (χ3n) is 4.99. The summed E-state index contributed by atoms with van der Waals surface area (Å²) in [4.78, 5) is 36.8. The van der Waals surface area contributed by atoms with Gasteiger partial charge in [0.1, 0.15) is 11.6 Å². The molecule has 2 unspecified atom stereocenters. The van der Waals surface area contributed by atoms with Crippen LogP contribution in [0.5, 0.6) is 0 Å². The molecule has 1 aliphatic carbocycles. The van der Waals surface area contributed by atoms with Gasteiger partial charge in [-0.2, -0.15) is 0 Å². The third kappa shape index (κ3) is 5.61. The number of nitrogens with one attached hydrogen (secondary N) is 2. The highest BCUT2D eigenvalue weighted by Gasteiger charge is 2.45. The van der Waals surface area contributed by atoms with Crippen LogP contribution in [-0.4, -0.2) is 41.8 Å². The molecule has 0 aromatic heterocycles. The van der Waals surface area contributed by atoms with E-state index in [2.05, 4.69) is 10.6 Å². The summed E-state index contributed by atoms with van der Waals surface area (Å²) in [5, 5.41) is 5.73. The van der Waals surface area contributed by atoms with Gasteiger partial charge in [0.25, 0.3) is 0 Å². The van der Waals surface area contributed by atoms with Crippen molar-refractivity contribution in [2.75, 3.05) is 6.61 Å². The van der Waals surface area contributed by atoms with Crippen LogP contribution in [0.2, 0.25) is 0 Å². The Bertz CT molecular complexity index is 535. The van der Waals surface area contributed by atoms with Crippen LogP contribution >= 0.6 is 0 Å². The predicted molar refractivity (Wildman–Crippen MR) is 96.5 cm³/mol. The van der Waals surface area contributed by atoms with E-state index in [1.165, 1.54) is 6.42 Å². The molecule has 2 atom stereocenters. The van der Waals surface area contributed by atoms with E-state index in [1.54, 1.807) is 27.7 Å². The lowest BCUT2D eigenvalue weighted by atomic mass is 9.78. The number of esters is 1. The minimum absolute atomic E-state index is 0.0350. The molecular weight excluding hydrogens is 336 g/mol. The Labute approximate surface area is 155 Å². The van der Waals surface area contributed by atoms with E-state index in [1.807, 2.05) is 0 Å². The van der Waals surface area contributed by atoms with Crippen LogP contribution < -0.4 is 10.6 Å². The number of rotatable bonds is 5. The van der Waals surface area contributed by atoms with Crippen LogP contribution in [0.1, 0.15) is 72.6 Å². The summed E-state index contributed by atoms with van der Waals surface area (Å²) in [5.74, 6) is -0.875. The minimum atomic E-state index is -0.890. The molecular formula is C19H32N2O5. The van der Waals surface area contributed by atoms with Gasteiger partial charge in [-0.1, -0.05) is 19.3 Å². The van der Waals surface area contributed by atoms with Crippen molar-refractivity contribution in [3.63, 3.8) is 0 Å². The highest BCUT2D eigenvalue weighted by atomic mass is 16.6. The zero-order valence-corrected chi connectivity index (χ0v) is 16.4. The number of carbonyl (C=O) groups is 3. The van der Waals surface area contributed by atoms with E-state index in [4.69, 9.17) is 9.47 Å². The van der Waals surface area contributed by atoms with Gasteiger partial charge < -0.3 is 20.1 Å². The van der Waals surface area contributed by atoms with Gasteiger partial charge in [0.05, 0.1) is 6.61 Å². The lowest BCUT2D eigenvalue weighted by molar-refractivity contribution is -0.146. The number of hydrogen-bond donors (Lipinski definition) is 2. The van der Waals surface area contributed by atoms with Gasteiger partial charge in [-0.25, -0.2) is 9.59 Å². The Morgan fingerprint density at radius 3 is 2.50 bits per heavy atom. The van der Waals surface area contributed by atoms with E-state index in [0.29, 0.717) is 6.42 Å². The molecule has 0 aromatic carbocycles. The van der Waals surface area contributed by atoms with Crippen LogP contribution in [0, 0.1) is 5.92 Å². The van der Waals surface area contributed by atoms with Crippen molar-refractivity contribution in [3.8, 4) is 0 Å². The number of carbonyl (C=O) groups excluding carboxylic acids is 3. The van der Waals surface area contributed by atoms with Gasteiger partial charge in [-0.15, -0.1) is 0 Å². The van der Waals surface area contributed by atoms with Crippen LogP contribution in [0.25, 0.3) is 0 Å². The third-order valence-corrected chi connectivity index (χ3v) is 4.99. The maximum Gasteiger partial charge on any atom is 0.408 e. The quantitative estimate of drug-likeness (QED) is 0.728. The van der Waals surface area contributed by atoms with Crippen LogP contribution in [0.15, 0.2) is 0 Å². The molecule has 2 aliphatic rings. The molecule has 0 bridgehead atoms. The first-order chi connectivity index (χ1) is 12.1.